The number of ether oxygens (including phenoxy) is 2. The van der Waals surface area contributed by atoms with Crippen LogP contribution in [0.1, 0.15) is 19.4 Å². The molecule has 0 amide bonds. The fourth-order valence-corrected chi connectivity index (χ4v) is 3.64. The van der Waals surface area contributed by atoms with Crippen molar-refractivity contribution in [1.29, 1.82) is 0 Å². The first kappa shape index (κ1) is 18.8. The van der Waals surface area contributed by atoms with Gasteiger partial charge in [-0.1, -0.05) is 17.4 Å². The number of hydrogen-bond donors (Lipinski definition) is 0. The van der Waals surface area contributed by atoms with Crippen molar-refractivity contribution in [3.63, 3.8) is 0 Å². The number of carbonyl (C=O) groups excluding carboxylic acids is 1. The first-order valence-electron chi connectivity index (χ1n) is 8.82. The summed E-state index contributed by atoms with van der Waals surface area (Å²) in [5, 5.41) is 4.31. The van der Waals surface area contributed by atoms with Gasteiger partial charge in [0.25, 0.3) is 5.56 Å². The Kier molecular flexibility index (Phi) is 5.05. The van der Waals surface area contributed by atoms with Crippen LogP contribution in [0.3, 0.4) is 0 Å². The standard InChI is InChI=1S/C20H16N4O4S/c1-3-27-16-10-13(4-5-15(16)28-12(2)25)11-17-19(26)24-20(29-17)22-18(23-24)14-6-8-21-9-7-14/h4-11H,3H2,1-2H3/b17-11-. The molecular weight excluding hydrogens is 392 g/mol. The van der Waals surface area contributed by atoms with Crippen molar-refractivity contribution in [1.82, 2.24) is 19.6 Å². The molecule has 0 bridgehead atoms. The summed E-state index contributed by atoms with van der Waals surface area (Å²) >= 11 is 1.25. The quantitative estimate of drug-likeness (QED) is 0.368. The van der Waals surface area contributed by atoms with Gasteiger partial charge in [0.2, 0.25) is 4.96 Å². The van der Waals surface area contributed by atoms with Gasteiger partial charge < -0.3 is 9.47 Å². The maximum absolute atomic E-state index is 12.7. The van der Waals surface area contributed by atoms with Crippen LogP contribution in [0, 0.1) is 0 Å². The van der Waals surface area contributed by atoms with E-state index < -0.39 is 5.97 Å². The van der Waals surface area contributed by atoms with E-state index in [9.17, 15) is 9.59 Å². The molecule has 0 spiro atoms. The van der Waals surface area contributed by atoms with Crippen LogP contribution < -0.4 is 19.6 Å². The van der Waals surface area contributed by atoms with Crippen LogP contribution in [-0.4, -0.2) is 32.2 Å². The second-order valence-electron chi connectivity index (χ2n) is 6.01. The highest BCUT2D eigenvalue weighted by molar-refractivity contribution is 7.15. The second-order valence-corrected chi connectivity index (χ2v) is 7.02. The molecule has 0 atom stereocenters. The molecule has 3 aromatic heterocycles. The molecule has 4 aromatic rings. The summed E-state index contributed by atoms with van der Waals surface area (Å²) in [6.45, 7) is 3.58. The normalized spacial score (nSPS) is 11.7. The van der Waals surface area contributed by atoms with Gasteiger partial charge in [-0.3, -0.25) is 14.6 Å². The third kappa shape index (κ3) is 3.85. The number of nitrogens with zero attached hydrogens (tertiary/aromatic N) is 4. The number of benzene rings is 1. The lowest BCUT2D eigenvalue weighted by Gasteiger charge is -2.10. The van der Waals surface area contributed by atoms with Gasteiger partial charge in [0, 0.05) is 24.9 Å². The summed E-state index contributed by atoms with van der Waals surface area (Å²) in [4.78, 5) is 32.9. The lowest BCUT2D eigenvalue weighted by Crippen LogP contribution is -2.23. The Morgan fingerprint density at radius 2 is 2.00 bits per heavy atom. The lowest BCUT2D eigenvalue weighted by atomic mass is 10.2. The Morgan fingerprint density at radius 1 is 1.21 bits per heavy atom. The molecule has 0 aliphatic rings. The van der Waals surface area contributed by atoms with Gasteiger partial charge in [0.05, 0.1) is 11.1 Å². The summed E-state index contributed by atoms with van der Waals surface area (Å²) in [5.41, 5.74) is 1.28. The summed E-state index contributed by atoms with van der Waals surface area (Å²) < 4.78 is 12.5. The Balaban J connectivity index is 1.73. The molecule has 4 rings (SSSR count). The number of rotatable bonds is 5. The fraction of sp³-hybridized carbons (Fsp3) is 0.150. The molecule has 8 nitrogen and oxygen atoms in total. The highest BCUT2D eigenvalue weighted by atomic mass is 32.1. The topological polar surface area (TPSA) is 95.7 Å². The Labute approximate surface area is 169 Å². The number of carbonyl (C=O) groups is 1. The number of hydrogen-bond acceptors (Lipinski definition) is 8. The van der Waals surface area contributed by atoms with E-state index in [0.29, 0.717) is 33.4 Å². The monoisotopic (exact) mass is 408 g/mol. The van der Waals surface area contributed by atoms with E-state index in [1.54, 1.807) is 48.8 Å². The van der Waals surface area contributed by atoms with Gasteiger partial charge in [-0.15, -0.1) is 5.10 Å². The van der Waals surface area contributed by atoms with Gasteiger partial charge in [0.15, 0.2) is 17.3 Å². The minimum atomic E-state index is -0.430. The van der Waals surface area contributed by atoms with Gasteiger partial charge >= 0.3 is 5.97 Å². The molecule has 0 fully saturated rings. The van der Waals surface area contributed by atoms with E-state index in [1.165, 1.54) is 22.8 Å². The average Bonchev–Trinajstić information content (AvgIpc) is 3.24. The van der Waals surface area contributed by atoms with Crippen LogP contribution in [0.4, 0.5) is 0 Å². The van der Waals surface area contributed by atoms with Crippen molar-refractivity contribution in [2.75, 3.05) is 6.61 Å². The van der Waals surface area contributed by atoms with Gasteiger partial charge in [-0.2, -0.15) is 9.50 Å². The van der Waals surface area contributed by atoms with E-state index in [0.717, 1.165) is 11.1 Å². The van der Waals surface area contributed by atoms with Crippen LogP contribution >= 0.6 is 11.3 Å². The van der Waals surface area contributed by atoms with Gasteiger partial charge in [-0.05, 0) is 42.8 Å². The Bertz CT molecular complexity index is 1300. The number of esters is 1. The van der Waals surface area contributed by atoms with Crippen molar-refractivity contribution < 1.29 is 14.3 Å². The van der Waals surface area contributed by atoms with Crippen molar-refractivity contribution >= 4 is 28.3 Å². The molecule has 0 saturated carbocycles. The summed E-state index contributed by atoms with van der Waals surface area (Å²) in [5.74, 6) is 0.818. The molecule has 0 saturated heterocycles. The third-order valence-electron chi connectivity index (χ3n) is 3.94. The number of pyridine rings is 1. The summed E-state index contributed by atoms with van der Waals surface area (Å²) in [6, 6.07) is 8.69. The zero-order valence-corrected chi connectivity index (χ0v) is 16.5. The first-order chi connectivity index (χ1) is 14.0. The maximum atomic E-state index is 12.7. The number of thiazole rings is 1. The van der Waals surface area contributed by atoms with E-state index in [4.69, 9.17) is 9.47 Å². The molecule has 1 aromatic carbocycles. The molecule has 9 heteroatoms. The van der Waals surface area contributed by atoms with E-state index in [2.05, 4.69) is 15.1 Å². The smallest absolute Gasteiger partial charge is 0.308 e. The van der Waals surface area contributed by atoms with E-state index in [1.807, 2.05) is 6.92 Å². The Morgan fingerprint density at radius 3 is 2.69 bits per heavy atom. The van der Waals surface area contributed by atoms with Crippen molar-refractivity contribution in [3.05, 3.63) is 63.2 Å². The molecule has 0 radical (unpaired) electrons. The molecule has 146 valence electrons. The third-order valence-corrected chi connectivity index (χ3v) is 4.90. The van der Waals surface area contributed by atoms with Gasteiger partial charge in [0.1, 0.15) is 0 Å². The van der Waals surface area contributed by atoms with Crippen molar-refractivity contribution in [2.45, 2.75) is 13.8 Å². The SMILES string of the molecule is CCOc1cc(/C=c2\sc3nc(-c4ccncc4)nn3c2=O)ccc1OC(C)=O. The Hall–Kier alpha value is -3.59. The van der Waals surface area contributed by atoms with Crippen LogP contribution in [0.25, 0.3) is 22.4 Å². The molecule has 0 N–H and O–H groups in total. The summed E-state index contributed by atoms with van der Waals surface area (Å²) in [6.07, 6.45) is 5.03. The first-order valence-corrected chi connectivity index (χ1v) is 9.63. The predicted molar refractivity (Wildman–Crippen MR) is 108 cm³/mol. The van der Waals surface area contributed by atoms with Gasteiger partial charge in [-0.25, -0.2) is 0 Å². The average molecular weight is 408 g/mol. The van der Waals surface area contributed by atoms with Crippen molar-refractivity contribution in [3.8, 4) is 22.9 Å². The fourth-order valence-electron chi connectivity index (χ4n) is 2.73. The minimum absolute atomic E-state index is 0.250. The van der Waals surface area contributed by atoms with Crippen LogP contribution in [0.5, 0.6) is 11.5 Å². The van der Waals surface area contributed by atoms with E-state index in [-0.39, 0.29) is 5.56 Å². The lowest BCUT2D eigenvalue weighted by molar-refractivity contribution is -0.132. The number of aromatic nitrogens is 4. The molecule has 3 heterocycles. The van der Waals surface area contributed by atoms with Crippen LogP contribution in [-0.2, 0) is 4.79 Å². The van der Waals surface area contributed by atoms with Crippen LogP contribution in [0.15, 0.2) is 47.5 Å². The molecule has 29 heavy (non-hydrogen) atoms. The minimum Gasteiger partial charge on any atom is -0.490 e. The zero-order chi connectivity index (χ0) is 20.4. The largest absolute Gasteiger partial charge is 0.490 e. The predicted octanol–water partition coefficient (Wildman–Crippen LogP) is 2.08. The maximum Gasteiger partial charge on any atom is 0.308 e. The molecule has 0 unspecified atom stereocenters. The highest BCUT2D eigenvalue weighted by Gasteiger charge is 2.13. The number of fused-ring (bicyclic) bond motifs is 1. The van der Waals surface area contributed by atoms with Crippen LogP contribution in [0.2, 0.25) is 0 Å². The summed E-state index contributed by atoms with van der Waals surface area (Å²) in [7, 11) is 0. The highest BCUT2D eigenvalue weighted by Crippen LogP contribution is 2.29. The molecule has 0 aliphatic carbocycles. The zero-order valence-electron chi connectivity index (χ0n) is 15.7. The molecular formula is C20H16N4O4S. The van der Waals surface area contributed by atoms with Crippen molar-refractivity contribution in [2.24, 2.45) is 0 Å². The second kappa shape index (κ2) is 7.80. The molecule has 0 aliphatic heterocycles. The van der Waals surface area contributed by atoms with E-state index >= 15 is 0 Å².